The van der Waals surface area contributed by atoms with Gasteiger partial charge >= 0.3 is 6.09 Å². The topological polar surface area (TPSA) is 56.1 Å². The molecule has 0 aliphatic carbocycles. The Kier molecular flexibility index (Phi) is 4.68. The van der Waals surface area contributed by atoms with Crippen molar-refractivity contribution in [3.05, 3.63) is 60.2 Å². The van der Waals surface area contributed by atoms with E-state index in [-0.39, 0.29) is 5.82 Å². The van der Waals surface area contributed by atoms with E-state index in [0.29, 0.717) is 16.9 Å². The molecule has 0 unspecified atom stereocenters. The number of para-hydroxylation sites is 1. The lowest BCUT2D eigenvalue weighted by atomic mass is 10.2. The molecule has 0 saturated carbocycles. The van der Waals surface area contributed by atoms with E-state index >= 15 is 0 Å². The zero-order valence-corrected chi connectivity index (χ0v) is 15.3. The average molecular weight is 355 g/mol. The molecule has 5 nitrogen and oxygen atoms in total. The molecule has 1 amide bonds. The van der Waals surface area contributed by atoms with Crippen LogP contribution in [0.4, 0.5) is 9.18 Å². The van der Waals surface area contributed by atoms with Crippen molar-refractivity contribution in [2.75, 3.05) is 0 Å². The molecular weight excluding hydrogens is 333 g/mol. The summed E-state index contributed by atoms with van der Waals surface area (Å²) < 4.78 is 21.0. The highest BCUT2D eigenvalue weighted by molar-refractivity contribution is 5.79. The van der Waals surface area contributed by atoms with E-state index in [4.69, 9.17) is 4.74 Å². The molecule has 0 radical (unpaired) electrons. The van der Waals surface area contributed by atoms with Crippen LogP contribution in [0.25, 0.3) is 16.7 Å². The van der Waals surface area contributed by atoms with Crippen molar-refractivity contribution in [2.45, 2.75) is 39.3 Å². The number of ether oxygens (including phenoxy) is 1. The second-order valence-corrected chi connectivity index (χ2v) is 7.14. The summed E-state index contributed by atoms with van der Waals surface area (Å²) in [5, 5.41) is 2.80. The maximum atomic E-state index is 13.8. The van der Waals surface area contributed by atoms with Gasteiger partial charge in [-0.1, -0.05) is 18.2 Å². The third-order valence-corrected chi connectivity index (χ3v) is 3.78. The van der Waals surface area contributed by atoms with Gasteiger partial charge in [0.15, 0.2) is 0 Å². The number of rotatable bonds is 3. The SMILES string of the molecule is C[C@H](NC(=O)OC(C)(C)C)c1nc2ccc(F)cc2n1-c1ccccc1. The quantitative estimate of drug-likeness (QED) is 0.737. The van der Waals surface area contributed by atoms with Crippen LogP contribution in [0.3, 0.4) is 0 Å². The largest absolute Gasteiger partial charge is 0.444 e. The Bertz CT molecular complexity index is 929. The minimum Gasteiger partial charge on any atom is -0.444 e. The standard InChI is InChI=1S/C20H22FN3O2/c1-13(22-19(25)26-20(2,3)4)18-23-16-11-10-14(21)12-17(16)24(18)15-8-6-5-7-9-15/h5-13H,1-4H3,(H,22,25)/t13-/m0/s1. The van der Waals surface area contributed by atoms with Crippen LogP contribution in [0.5, 0.6) is 0 Å². The molecule has 1 aromatic heterocycles. The van der Waals surface area contributed by atoms with Gasteiger partial charge in [-0.05, 0) is 52.0 Å². The third-order valence-electron chi connectivity index (χ3n) is 3.78. The fourth-order valence-electron chi connectivity index (χ4n) is 2.75. The smallest absolute Gasteiger partial charge is 0.408 e. The molecule has 26 heavy (non-hydrogen) atoms. The summed E-state index contributed by atoms with van der Waals surface area (Å²) >= 11 is 0. The number of benzene rings is 2. The van der Waals surface area contributed by atoms with E-state index in [0.717, 1.165) is 5.69 Å². The highest BCUT2D eigenvalue weighted by Crippen LogP contribution is 2.26. The normalized spacial score (nSPS) is 12.8. The van der Waals surface area contributed by atoms with Gasteiger partial charge in [-0.3, -0.25) is 4.57 Å². The van der Waals surface area contributed by atoms with E-state index in [1.807, 2.05) is 41.8 Å². The van der Waals surface area contributed by atoms with E-state index in [2.05, 4.69) is 10.3 Å². The monoisotopic (exact) mass is 355 g/mol. The first-order valence-electron chi connectivity index (χ1n) is 8.47. The fraction of sp³-hybridized carbons (Fsp3) is 0.300. The summed E-state index contributed by atoms with van der Waals surface area (Å²) in [6, 6.07) is 13.6. The second kappa shape index (κ2) is 6.78. The van der Waals surface area contributed by atoms with Crippen LogP contribution < -0.4 is 5.32 Å². The van der Waals surface area contributed by atoms with Gasteiger partial charge in [0.2, 0.25) is 0 Å². The van der Waals surface area contributed by atoms with Gasteiger partial charge < -0.3 is 10.1 Å². The summed E-state index contributed by atoms with van der Waals surface area (Å²) in [6.45, 7) is 7.23. The summed E-state index contributed by atoms with van der Waals surface area (Å²) in [7, 11) is 0. The third kappa shape index (κ3) is 3.85. The number of amides is 1. The summed E-state index contributed by atoms with van der Waals surface area (Å²) in [5.41, 5.74) is 1.55. The maximum Gasteiger partial charge on any atom is 0.408 e. The summed E-state index contributed by atoms with van der Waals surface area (Å²) in [5.74, 6) is 0.261. The molecule has 1 atom stereocenters. The van der Waals surface area contributed by atoms with Crippen LogP contribution >= 0.6 is 0 Å². The molecule has 3 aromatic rings. The Hall–Kier alpha value is -2.89. The lowest BCUT2D eigenvalue weighted by Gasteiger charge is -2.22. The number of fused-ring (bicyclic) bond motifs is 1. The van der Waals surface area contributed by atoms with Gasteiger partial charge in [-0.25, -0.2) is 14.2 Å². The molecule has 136 valence electrons. The van der Waals surface area contributed by atoms with Crippen LogP contribution in [0.2, 0.25) is 0 Å². The Balaban J connectivity index is 2.04. The number of aromatic nitrogens is 2. The minimum absolute atomic E-state index is 0.339. The number of nitrogens with zero attached hydrogens (tertiary/aromatic N) is 2. The minimum atomic E-state index is -0.591. The molecule has 0 saturated heterocycles. The second-order valence-electron chi connectivity index (χ2n) is 7.14. The Labute approximate surface area is 151 Å². The van der Waals surface area contributed by atoms with Gasteiger partial charge in [0.1, 0.15) is 17.2 Å². The highest BCUT2D eigenvalue weighted by atomic mass is 19.1. The van der Waals surface area contributed by atoms with Crippen molar-refractivity contribution in [1.29, 1.82) is 0 Å². The number of carbonyl (C=O) groups is 1. The summed E-state index contributed by atoms with van der Waals surface area (Å²) in [6.07, 6.45) is -0.525. The van der Waals surface area contributed by atoms with E-state index in [1.54, 1.807) is 26.8 Å². The number of imidazole rings is 1. The molecular formula is C20H22FN3O2. The molecule has 2 aromatic carbocycles. The summed E-state index contributed by atoms with van der Waals surface area (Å²) in [4.78, 5) is 16.7. The first kappa shape index (κ1) is 17.9. The predicted molar refractivity (Wildman–Crippen MR) is 98.8 cm³/mol. The van der Waals surface area contributed by atoms with E-state index < -0.39 is 17.7 Å². The van der Waals surface area contributed by atoms with Crippen molar-refractivity contribution < 1.29 is 13.9 Å². The first-order valence-corrected chi connectivity index (χ1v) is 8.47. The molecule has 0 aliphatic heterocycles. The van der Waals surface area contributed by atoms with Gasteiger partial charge in [0, 0.05) is 11.8 Å². The molecule has 0 fully saturated rings. The molecule has 6 heteroatoms. The van der Waals surface area contributed by atoms with Gasteiger partial charge in [-0.2, -0.15) is 0 Å². The number of carbonyl (C=O) groups excluding carboxylic acids is 1. The van der Waals surface area contributed by atoms with Gasteiger partial charge in [0.05, 0.1) is 17.1 Å². The van der Waals surface area contributed by atoms with Crippen LogP contribution in [-0.2, 0) is 4.74 Å². The van der Waals surface area contributed by atoms with Gasteiger partial charge in [-0.15, -0.1) is 0 Å². The fourth-order valence-corrected chi connectivity index (χ4v) is 2.75. The lowest BCUT2D eigenvalue weighted by molar-refractivity contribution is 0.0505. The van der Waals surface area contributed by atoms with E-state index in [1.165, 1.54) is 12.1 Å². The van der Waals surface area contributed by atoms with Crippen molar-refractivity contribution in [2.24, 2.45) is 0 Å². The highest BCUT2D eigenvalue weighted by Gasteiger charge is 2.23. The first-order chi connectivity index (χ1) is 12.2. The molecule has 3 rings (SSSR count). The Morgan fingerprint density at radius 1 is 1.19 bits per heavy atom. The van der Waals surface area contributed by atoms with Crippen LogP contribution in [0.15, 0.2) is 48.5 Å². The molecule has 0 bridgehead atoms. The number of halogens is 1. The van der Waals surface area contributed by atoms with Crippen LogP contribution in [-0.4, -0.2) is 21.2 Å². The Morgan fingerprint density at radius 3 is 2.54 bits per heavy atom. The van der Waals surface area contributed by atoms with Crippen molar-refractivity contribution in [3.63, 3.8) is 0 Å². The molecule has 0 aliphatic rings. The van der Waals surface area contributed by atoms with Crippen molar-refractivity contribution in [1.82, 2.24) is 14.9 Å². The van der Waals surface area contributed by atoms with Gasteiger partial charge in [0.25, 0.3) is 0 Å². The number of hydrogen-bond acceptors (Lipinski definition) is 3. The molecule has 0 spiro atoms. The molecule has 1 heterocycles. The molecule has 1 N–H and O–H groups in total. The van der Waals surface area contributed by atoms with Crippen LogP contribution in [0, 0.1) is 5.82 Å². The number of nitrogens with one attached hydrogen (secondary N) is 1. The van der Waals surface area contributed by atoms with E-state index in [9.17, 15) is 9.18 Å². The van der Waals surface area contributed by atoms with Crippen molar-refractivity contribution >= 4 is 17.1 Å². The lowest BCUT2D eigenvalue weighted by Crippen LogP contribution is -2.34. The predicted octanol–water partition coefficient (Wildman–Crippen LogP) is 4.75. The number of hydrogen-bond donors (Lipinski definition) is 1. The number of alkyl carbamates (subject to hydrolysis) is 1. The van der Waals surface area contributed by atoms with Crippen LogP contribution in [0.1, 0.15) is 39.6 Å². The zero-order chi connectivity index (χ0) is 18.9. The zero-order valence-electron chi connectivity index (χ0n) is 15.3. The Morgan fingerprint density at radius 2 is 1.88 bits per heavy atom. The average Bonchev–Trinajstić information content (AvgIpc) is 2.92. The van der Waals surface area contributed by atoms with Crippen molar-refractivity contribution in [3.8, 4) is 5.69 Å². The maximum absolute atomic E-state index is 13.8.